The summed E-state index contributed by atoms with van der Waals surface area (Å²) in [6.45, 7) is 3.92. The summed E-state index contributed by atoms with van der Waals surface area (Å²) in [5.74, 6) is -0.953. The van der Waals surface area contributed by atoms with E-state index in [4.69, 9.17) is 9.63 Å². The van der Waals surface area contributed by atoms with Gasteiger partial charge in [0, 0.05) is 6.07 Å². The normalized spacial score (nSPS) is 17.4. The molecule has 2 rings (SSSR count). The third-order valence-electron chi connectivity index (χ3n) is 3.77. The first kappa shape index (κ1) is 14.6. The third-order valence-corrected chi connectivity index (χ3v) is 3.77. The van der Waals surface area contributed by atoms with Crippen LogP contribution in [0, 0.1) is 0 Å². The Bertz CT molecular complexity index is 501. The molecule has 1 saturated carbocycles. The van der Waals surface area contributed by atoms with Crippen LogP contribution in [0.1, 0.15) is 68.1 Å². The fourth-order valence-corrected chi connectivity index (χ4v) is 2.66. The summed E-state index contributed by atoms with van der Waals surface area (Å²) in [7, 11) is 0. The van der Waals surface area contributed by atoms with Gasteiger partial charge in [-0.25, -0.2) is 0 Å². The maximum atomic E-state index is 12.2. The van der Waals surface area contributed by atoms with Gasteiger partial charge in [0.1, 0.15) is 0 Å². The van der Waals surface area contributed by atoms with Gasteiger partial charge in [-0.15, -0.1) is 0 Å². The second-order valence-corrected chi connectivity index (χ2v) is 5.78. The van der Waals surface area contributed by atoms with E-state index in [1.165, 1.54) is 0 Å². The van der Waals surface area contributed by atoms with Crippen molar-refractivity contribution in [3.8, 4) is 0 Å². The van der Waals surface area contributed by atoms with E-state index in [0.29, 0.717) is 18.5 Å². The average Bonchev–Trinajstić information content (AvgIpc) is 2.96. The number of aromatic nitrogens is 1. The molecule has 110 valence electrons. The molecule has 2 N–H and O–H groups in total. The number of nitrogens with zero attached hydrogens (tertiary/aromatic N) is 1. The van der Waals surface area contributed by atoms with Crippen molar-refractivity contribution in [2.45, 2.75) is 57.4 Å². The van der Waals surface area contributed by atoms with E-state index < -0.39 is 11.5 Å². The van der Waals surface area contributed by atoms with Crippen LogP contribution in [0.5, 0.6) is 0 Å². The van der Waals surface area contributed by atoms with E-state index in [1.54, 1.807) is 6.07 Å². The van der Waals surface area contributed by atoms with E-state index >= 15 is 0 Å². The van der Waals surface area contributed by atoms with Crippen LogP contribution < -0.4 is 5.32 Å². The molecule has 0 aliphatic heterocycles. The molecule has 20 heavy (non-hydrogen) atoms. The minimum Gasteiger partial charge on any atom is -0.481 e. The zero-order valence-corrected chi connectivity index (χ0v) is 11.8. The molecule has 1 heterocycles. The summed E-state index contributed by atoms with van der Waals surface area (Å²) in [5, 5.41) is 15.7. The Morgan fingerprint density at radius 2 is 2.10 bits per heavy atom. The van der Waals surface area contributed by atoms with Crippen molar-refractivity contribution in [3.63, 3.8) is 0 Å². The summed E-state index contributed by atoms with van der Waals surface area (Å²) in [5.41, 5.74) is 0.0714. The first-order valence-electron chi connectivity index (χ1n) is 6.93. The average molecular weight is 280 g/mol. The van der Waals surface area contributed by atoms with Crippen molar-refractivity contribution in [3.05, 3.63) is 17.5 Å². The molecule has 1 amide bonds. The van der Waals surface area contributed by atoms with Crippen molar-refractivity contribution in [1.29, 1.82) is 0 Å². The Labute approximate surface area is 117 Å². The first-order chi connectivity index (χ1) is 9.42. The molecule has 6 heteroatoms. The first-order valence-corrected chi connectivity index (χ1v) is 6.93. The molecule has 0 unspecified atom stereocenters. The molecular weight excluding hydrogens is 260 g/mol. The highest BCUT2D eigenvalue weighted by molar-refractivity contribution is 5.92. The molecule has 1 fully saturated rings. The number of amides is 1. The Morgan fingerprint density at radius 1 is 1.45 bits per heavy atom. The molecule has 0 atom stereocenters. The zero-order chi connectivity index (χ0) is 14.8. The van der Waals surface area contributed by atoms with Crippen LogP contribution >= 0.6 is 0 Å². The molecular formula is C14H20N2O4. The molecule has 1 aliphatic rings. The van der Waals surface area contributed by atoms with Crippen LogP contribution in [0.4, 0.5) is 0 Å². The second-order valence-electron chi connectivity index (χ2n) is 5.78. The van der Waals surface area contributed by atoms with Gasteiger partial charge in [0.2, 0.25) is 5.76 Å². The second kappa shape index (κ2) is 5.64. The molecule has 0 bridgehead atoms. The highest BCUT2D eigenvalue weighted by atomic mass is 16.5. The van der Waals surface area contributed by atoms with Crippen molar-refractivity contribution < 1.29 is 19.2 Å². The number of carboxylic acids is 1. The number of carbonyl (C=O) groups is 2. The number of rotatable bonds is 5. The minimum atomic E-state index is -0.896. The van der Waals surface area contributed by atoms with Crippen LogP contribution in [0.3, 0.4) is 0 Å². The van der Waals surface area contributed by atoms with Gasteiger partial charge in [-0.1, -0.05) is 31.8 Å². The number of hydrogen-bond donors (Lipinski definition) is 2. The van der Waals surface area contributed by atoms with Crippen molar-refractivity contribution >= 4 is 11.9 Å². The van der Waals surface area contributed by atoms with Gasteiger partial charge < -0.3 is 14.9 Å². The van der Waals surface area contributed by atoms with Crippen molar-refractivity contribution in [2.75, 3.05) is 0 Å². The molecule has 0 aromatic carbocycles. The van der Waals surface area contributed by atoms with Crippen molar-refractivity contribution in [2.24, 2.45) is 0 Å². The summed E-state index contributed by atoms with van der Waals surface area (Å²) < 4.78 is 5.04. The van der Waals surface area contributed by atoms with Gasteiger partial charge in [0.25, 0.3) is 5.91 Å². The lowest BCUT2D eigenvalue weighted by Gasteiger charge is -2.27. The SMILES string of the molecule is CC(C)c1cc(C(=O)NC2(CC(=O)O)CCCC2)on1. The fraction of sp³-hybridized carbons (Fsp3) is 0.643. The maximum absolute atomic E-state index is 12.2. The predicted octanol–water partition coefficient (Wildman–Crippen LogP) is 2.32. The fourth-order valence-electron chi connectivity index (χ4n) is 2.66. The van der Waals surface area contributed by atoms with E-state index in [2.05, 4.69) is 10.5 Å². The topological polar surface area (TPSA) is 92.4 Å². The highest BCUT2D eigenvalue weighted by Crippen LogP contribution is 2.33. The lowest BCUT2D eigenvalue weighted by atomic mass is 9.93. The number of nitrogens with one attached hydrogen (secondary N) is 1. The number of aliphatic carboxylic acids is 1. The van der Waals surface area contributed by atoms with Crippen LogP contribution in [0.25, 0.3) is 0 Å². The standard InChI is InChI=1S/C14H20N2O4/c1-9(2)10-7-11(20-16-10)13(19)15-14(8-12(17)18)5-3-4-6-14/h7,9H,3-6,8H2,1-2H3,(H,15,19)(H,17,18). The maximum Gasteiger partial charge on any atom is 0.305 e. The van der Waals surface area contributed by atoms with Gasteiger partial charge in [0.05, 0.1) is 17.7 Å². The predicted molar refractivity (Wildman–Crippen MR) is 71.5 cm³/mol. The number of carbonyl (C=O) groups excluding carboxylic acids is 1. The molecule has 0 spiro atoms. The van der Waals surface area contributed by atoms with Gasteiger partial charge in [0.15, 0.2) is 0 Å². The quantitative estimate of drug-likeness (QED) is 0.863. The Balaban J connectivity index is 2.09. The van der Waals surface area contributed by atoms with E-state index in [9.17, 15) is 9.59 Å². The lowest BCUT2D eigenvalue weighted by Crippen LogP contribution is -2.47. The summed E-state index contributed by atoms with van der Waals surface area (Å²) >= 11 is 0. The van der Waals surface area contributed by atoms with Gasteiger partial charge in [-0.2, -0.15) is 0 Å². The van der Waals surface area contributed by atoms with Gasteiger partial charge in [-0.05, 0) is 18.8 Å². The van der Waals surface area contributed by atoms with Crippen molar-refractivity contribution in [1.82, 2.24) is 10.5 Å². The molecule has 1 aromatic heterocycles. The Hall–Kier alpha value is -1.85. The van der Waals surface area contributed by atoms with E-state index in [0.717, 1.165) is 12.8 Å². The molecule has 1 aliphatic carbocycles. The molecule has 0 radical (unpaired) electrons. The summed E-state index contributed by atoms with van der Waals surface area (Å²) in [4.78, 5) is 23.2. The highest BCUT2D eigenvalue weighted by Gasteiger charge is 2.38. The number of carboxylic acid groups (broad SMARTS) is 1. The van der Waals surface area contributed by atoms with E-state index in [-0.39, 0.29) is 24.0 Å². The lowest BCUT2D eigenvalue weighted by molar-refractivity contribution is -0.138. The van der Waals surface area contributed by atoms with Crippen LogP contribution in [0.15, 0.2) is 10.6 Å². The zero-order valence-electron chi connectivity index (χ0n) is 11.8. The van der Waals surface area contributed by atoms with E-state index in [1.807, 2.05) is 13.8 Å². The molecule has 1 aromatic rings. The summed E-state index contributed by atoms with van der Waals surface area (Å²) in [6, 6.07) is 1.61. The van der Waals surface area contributed by atoms with Gasteiger partial charge in [-0.3, -0.25) is 9.59 Å². The molecule has 0 saturated heterocycles. The monoisotopic (exact) mass is 280 g/mol. The molecule has 6 nitrogen and oxygen atoms in total. The van der Waals surface area contributed by atoms with Gasteiger partial charge >= 0.3 is 5.97 Å². The van der Waals surface area contributed by atoms with Crippen LogP contribution in [-0.2, 0) is 4.79 Å². The Kier molecular flexibility index (Phi) is 4.11. The summed E-state index contributed by atoms with van der Waals surface area (Å²) in [6.07, 6.45) is 3.19. The smallest absolute Gasteiger partial charge is 0.305 e. The minimum absolute atomic E-state index is 0.0517. The van der Waals surface area contributed by atoms with Crippen LogP contribution in [0.2, 0.25) is 0 Å². The Morgan fingerprint density at radius 3 is 2.60 bits per heavy atom. The largest absolute Gasteiger partial charge is 0.481 e. The van der Waals surface area contributed by atoms with Crippen LogP contribution in [-0.4, -0.2) is 27.7 Å². The number of hydrogen-bond acceptors (Lipinski definition) is 4. The third kappa shape index (κ3) is 3.18.